The zero-order valence-electron chi connectivity index (χ0n) is 17.4. The van der Waals surface area contributed by atoms with Crippen LogP contribution >= 0.6 is 22.7 Å². The van der Waals surface area contributed by atoms with Crippen molar-refractivity contribution in [2.24, 2.45) is 0 Å². The average Bonchev–Trinajstić information content (AvgIpc) is 3.50. The van der Waals surface area contributed by atoms with Crippen molar-refractivity contribution in [3.8, 4) is 22.1 Å². The molecule has 5 rings (SSSR count). The largest absolute Gasteiger partial charge is 0.465 e. The lowest BCUT2D eigenvalue weighted by atomic mass is 10.2. The topological polar surface area (TPSA) is 73.8 Å². The average molecular weight is 468 g/mol. The van der Waals surface area contributed by atoms with E-state index in [0.717, 1.165) is 52.8 Å². The molecule has 0 spiro atoms. The van der Waals surface area contributed by atoms with Crippen molar-refractivity contribution >= 4 is 38.9 Å². The predicted octanol–water partition coefficient (Wildman–Crippen LogP) is 4.83. The first-order valence-electron chi connectivity index (χ1n) is 10.2. The standard InChI is InChI=1S/C23H21N3O4S2/c1-28-23(27)15-4-6-16(7-5-15)30-21-20-17(18-3-2-12-31-18)14-32-22(20)25-19(24-21)13-26-8-10-29-11-9-26/h2-7,12,14H,8-11,13H2,1H3. The predicted molar refractivity (Wildman–Crippen MR) is 125 cm³/mol. The normalized spacial score (nSPS) is 14.5. The van der Waals surface area contributed by atoms with Crippen molar-refractivity contribution in [2.45, 2.75) is 6.54 Å². The quantitative estimate of drug-likeness (QED) is 0.376. The summed E-state index contributed by atoms with van der Waals surface area (Å²) in [6.07, 6.45) is 0. The van der Waals surface area contributed by atoms with Crippen LogP contribution in [0.5, 0.6) is 11.6 Å². The number of esters is 1. The van der Waals surface area contributed by atoms with Crippen LogP contribution in [-0.4, -0.2) is 54.3 Å². The Balaban J connectivity index is 1.52. The first-order valence-corrected chi connectivity index (χ1v) is 12.0. The van der Waals surface area contributed by atoms with Crippen LogP contribution in [0, 0.1) is 0 Å². The van der Waals surface area contributed by atoms with Crippen molar-refractivity contribution in [3.63, 3.8) is 0 Å². The minimum Gasteiger partial charge on any atom is -0.465 e. The highest BCUT2D eigenvalue weighted by molar-refractivity contribution is 7.18. The fourth-order valence-electron chi connectivity index (χ4n) is 3.56. The van der Waals surface area contributed by atoms with Gasteiger partial charge in [-0.2, -0.15) is 4.98 Å². The van der Waals surface area contributed by atoms with Crippen LogP contribution in [0.25, 0.3) is 20.7 Å². The molecule has 0 N–H and O–H groups in total. The van der Waals surface area contributed by atoms with E-state index in [2.05, 4.69) is 21.7 Å². The second-order valence-corrected chi connectivity index (χ2v) is 9.06. The number of aromatic nitrogens is 2. The van der Waals surface area contributed by atoms with Crippen LogP contribution in [0.15, 0.2) is 47.2 Å². The third-order valence-electron chi connectivity index (χ3n) is 5.19. The second-order valence-electron chi connectivity index (χ2n) is 7.26. The van der Waals surface area contributed by atoms with Crippen LogP contribution in [0.3, 0.4) is 0 Å². The number of ether oxygens (including phenoxy) is 3. The molecular formula is C23H21N3O4S2. The molecule has 0 saturated carbocycles. The molecule has 1 aliphatic heterocycles. The molecule has 3 aromatic heterocycles. The third-order valence-corrected chi connectivity index (χ3v) is 6.97. The number of benzene rings is 1. The number of rotatable bonds is 6. The first-order chi connectivity index (χ1) is 15.7. The van der Waals surface area contributed by atoms with E-state index in [-0.39, 0.29) is 5.97 Å². The Morgan fingerprint density at radius 3 is 2.66 bits per heavy atom. The van der Waals surface area contributed by atoms with Crippen LogP contribution in [0.4, 0.5) is 0 Å². The van der Waals surface area contributed by atoms with Gasteiger partial charge in [-0.3, -0.25) is 4.90 Å². The Hall–Kier alpha value is -2.85. The number of carbonyl (C=O) groups is 1. The Labute approximate surface area is 193 Å². The van der Waals surface area contributed by atoms with E-state index < -0.39 is 0 Å². The highest BCUT2D eigenvalue weighted by Gasteiger charge is 2.20. The van der Waals surface area contributed by atoms with Gasteiger partial charge in [0, 0.05) is 28.9 Å². The smallest absolute Gasteiger partial charge is 0.337 e. The van der Waals surface area contributed by atoms with E-state index in [9.17, 15) is 4.79 Å². The maximum absolute atomic E-state index is 11.7. The molecule has 4 heterocycles. The van der Waals surface area contributed by atoms with Crippen molar-refractivity contribution in [3.05, 3.63) is 58.5 Å². The highest BCUT2D eigenvalue weighted by atomic mass is 32.1. The molecule has 1 fully saturated rings. The number of hydrogen-bond donors (Lipinski definition) is 0. The molecule has 164 valence electrons. The van der Waals surface area contributed by atoms with Crippen molar-refractivity contribution in [2.75, 3.05) is 33.4 Å². The van der Waals surface area contributed by atoms with Gasteiger partial charge >= 0.3 is 5.97 Å². The SMILES string of the molecule is COC(=O)c1ccc(Oc2nc(CN3CCOCC3)nc3scc(-c4cccs4)c23)cc1. The summed E-state index contributed by atoms with van der Waals surface area (Å²) in [5.41, 5.74) is 1.54. The fourth-order valence-corrected chi connectivity index (χ4v) is 5.33. The van der Waals surface area contributed by atoms with Crippen molar-refractivity contribution in [1.29, 1.82) is 0 Å². The molecule has 0 aliphatic carbocycles. The summed E-state index contributed by atoms with van der Waals surface area (Å²) in [6, 6.07) is 11.0. The summed E-state index contributed by atoms with van der Waals surface area (Å²) >= 11 is 3.27. The van der Waals surface area contributed by atoms with Gasteiger partial charge in [0.1, 0.15) is 16.4 Å². The minimum absolute atomic E-state index is 0.383. The number of methoxy groups -OCH3 is 1. The van der Waals surface area contributed by atoms with Crippen LogP contribution in [-0.2, 0) is 16.0 Å². The molecule has 1 aromatic carbocycles. The van der Waals surface area contributed by atoms with E-state index in [0.29, 0.717) is 23.7 Å². The Kier molecular flexibility index (Phi) is 6.13. The van der Waals surface area contributed by atoms with E-state index >= 15 is 0 Å². The molecule has 1 saturated heterocycles. The number of hydrogen-bond acceptors (Lipinski definition) is 9. The van der Waals surface area contributed by atoms with Crippen molar-refractivity contribution in [1.82, 2.24) is 14.9 Å². The lowest BCUT2D eigenvalue weighted by molar-refractivity contribution is 0.0330. The van der Waals surface area contributed by atoms with Gasteiger partial charge in [0.15, 0.2) is 0 Å². The molecule has 0 radical (unpaired) electrons. The van der Waals surface area contributed by atoms with Crippen LogP contribution in [0.1, 0.15) is 16.2 Å². The van der Waals surface area contributed by atoms with Gasteiger partial charge in [0.05, 0.1) is 37.8 Å². The maximum atomic E-state index is 11.7. The molecule has 0 atom stereocenters. The van der Waals surface area contributed by atoms with Gasteiger partial charge in [0.25, 0.3) is 0 Å². The van der Waals surface area contributed by atoms with E-state index in [4.69, 9.17) is 24.2 Å². The van der Waals surface area contributed by atoms with E-state index in [1.807, 2.05) is 6.07 Å². The van der Waals surface area contributed by atoms with Crippen LogP contribution in [0.2, 0.25) is 0 Å². The lowest BCUT2D eigenvalue weighted by Gasteiger charge is -2.25. The summed E-state index contributed by atoms with van der Waals surface area (Å²) in [5, 5.41) is 5.07. The zero-order valence-corrected chi connectivity index (χ0v) is 19.1. The van der Waals surface area contributed by atoms with Gasteiger partial charge in [-0.15, -0.1) is 22.7 Å². The summed E-state index contributed by atoms with van der Waals surface area (Å²) in [7, 11) is 1.36. The lowest BCUT2D eigenvalue weighted by Crippen LogP contribution is -2.36. The Morgan fingerprint density at radius 1 is 1.12 bits per heavy atom. The molecule has 1 aliphatic rings. The maximum Gasteiger partial charge on any atom is 0.337 e. The van der Waals surface area contributed by atoms with Crippen molar-refractivity contribution < 1.29 is 19.0 Å². The first kappa shape index (κ1) is 21.0. The molecular weight excluding hydrogens is 446 g/mol. The number of morpholine rings is 1. The molecule has 0 unspecified atom stereocenters. The number of carbonyl (C=O) groups excluding carboxylic acids is 1. The van der Waals surface area contributed by atoms with E-state index in [1.165, 1.54) is 7.11 Å². The molecule has 9 heteroatoms. The Bertz CT molecular complexity index is 1220. The zero-order chi connectivity index (χ0) is 21.9. The third kappa shape index (κ3) is 4.37. The van der Waals surface area contributed by atoms with Gasteiger partial charge in [-0.05, 0) is 35.7 Å². The molecule has 4 aromatic rings. The molecule has 0 amide bonds. The van der Waals surface area contributed by atoms with Gasteiger partial charge in [0.2, 0.25) is 5.88 Å². The van der Waals surface area contributed by atoms with E-state index in [1.54, 1.807) is 46.9 Å². The van der Waals surface area contributed by atoms with Gasteiger partial charge in [-0.1, -0.05) is 6.07 Å². The highest BCUT2D eigenvalue weighted by Crippen LogP contribution is 2.41. The summed E-state index contributed by atoms with van der Waals surface area (Å²) in [6.45, 7) is 3.80. The number of fused-ring (bicyclic) bond motifs is 1. The number of nitrogens with zero attached hydrogens (tertiary/aromatic N) is 3. The van der Waals surface area contributed by atoms with Crippen LogP contribution < -0.4 is 4.74 Å². The monoisotopic (exact) mass is 467 g/mol. The van der Waals surface area contributed by atoms with Gasteiger partial charge in [-0.25, -0.2) is 9.78 Å². The number of thiophene rings is 2. The van der Waals surface area contributed by atoms with Gasteiger partial charge < -0.3 is 14.2 Å². The summed E-state index contributed by atoms with van der Waals surface area (Å²) in [4.78, 5) is 25.7. The summed E-state index contributed by atoms with van der Waals surface area (Å²) < 4.78 is 16.5. The molecule has 0 bridgehead atoms. The second kappa shape index (κ2) is 9.33. The molecule has 7 nitrogen and oxygen atoms in total. The Morgan fingerprint density at radius 2 is 1.94 bits per heavy atom. The fraction of sp³-hybridized carbons (Fsp3) is 0.261. The summed E-state index contributed by atoms with van der Waals surface area (Å²) in [5.74, 6) is 1.46. The molecule has 32 heavy (non-hydrogen) atoms. The minimum atomic E-state index is -0.383.